The van der Waals surface area contributed by atoms with Gasteiger partial charge in [0.1, 0.15) is 5.82 Å². The molecule has 1 aromatic carbocycles. The first-order valence-corrected chi connectivity index (χ1v) is 8.20. The van der Waals surface area contributed by atoms with Gasteiger partial charge in [-0.2, -0.15) is 0 Å². The second-order valence-corrected chi connectivity index (χ2v) is 6.26. The molecule has 1 atom stereocenters. The zero-order valence-corrected chi connectivity index (χ0v) is 12.9. The molecule has 0 spiro atoms. The van der Waals surface area contributed by atoms with E-state index in [9.17, 15) is 9.18 Å². The summed E-state index contributed by atoms with van der Waals surface area (Å²) in [6, 6.07) is 6.56. The van der Waals surface area contributed by atoms with Crippen molar-refractivity contribution in [2.75, 3.05) is 32.7 Å². The van der Waals surface area contributed by atoms with Gasteiger partial charge >= 0.3 is 0 Å². The van der Waals surface area contributed by atoms with E-state index in [1.807, 2.05) is 11.0 Å². The molecule has 2 fully saturated rings. The summed E-state index contributed by atoms with van der Waals surface area (Å²) in [5.41, 5.74) is 0.880. The monoisotopic (exact) mass is 305 g/mol. The van der Waals surface area contributed by atoms with E-state index in [0.717, 1.165) is 38.0 Å². The molecule has 2 aliphatic rings. The molecule has 2 N–H and O–H groups in total. The molecule has 1 aromatic rings. The number of hydrogen-bond donors (Lipinski definition) is 2. The van der Waals surface area contributed by atoms with E-state index in [-0.39, 0.29) is 17.8 Å². The van der Waals surface area contributed by atoms with Crippen molar-refractivity contribution in [2.24, 2.45) is 5.92 Å². The van der Waals surface area contributed by atoms with E-state index >= 15 is 0 Å². The zero-order valence-electron chi connectivity index (χ0n) is 12.9. The SMILES string of the molecule is O=C(CC1CCNCC1)N1CCNCC1c1cccc(F)c1. The summed E-state index contributed by atoms with van der Waals surface area (Å²) in [5, 5.41) is 6.65. The first kappa shape index (κ1) is 15.4. The molecule has 1 amide bonds. The maximum atomic E-state index is 13.5. The first-order chi connectivity index (χ1) is 10.7. The van der Waals surface area contributed by atoms with Crippen LogP contribution in [-0.2, 0) is 4.79 Å². The van der Waals surface area contributed by atoms with Gasteiger partial charge < -0.3 is 15.5 Å². The van der Waals surface area contributed by atoms with Gasteiger partial charge in [0.25, 0.3) is 0 Å². The van der Waals surface area contributed by atoms with Crippen LogP contribution in [0.15, 0.2) is 24.3 Å². The summed E-state index contributed by atoms with van der Waals surface area (Å²) in [5.74, 6) is 0.452. The predicted molar refractivity (Wildman–Crippen MR) is 83.9 cm³/mol. The van der Waals surface area contributed by atoms with Gasteiger partial charge in [-0.25, -0.2) is 4.39 Å². The van der Waals surface area contributed by atoms with E-state index in [1.54, 1.807) is 12.1 Å². The smallest absolute Gasteiger partial charge is 0.223 e. The van der Waals surface area contributed by atoms with Crippen LogP contribution in [0, 0.1) is 11.7 Å². The third-order valence-corrected chi connectivity index (χ3v) is 4.72. The molecule has 1 unspecified atom stereocenters. The van der Waals surface area contributed by atoms with Crippen LogP contribution in [-0.4, -0.2) is 43.5 Å². The second-order valence-electron chi connectivity index (χ2n) is 6.26. The fourth-order valence-corrected chi connectivity index (χ4v) is 3.46. The molecular weight excluding hydrogens is 281 g/mol. The fraction of sp³-hybridized carbons (Fsp3) is 0.588. The summed E-state index contributed by atoms with van der Waals surface area (Å²) >= 11 is 0. The van der Waals surface area contributed by atoms with Gasteiger partial charge in [-0.15, -0.1) is 0 Å². The average molecular weight is 305 g/mol. The molecule has 22 heavy (non-hydrogen) atoms. The lowest BCUT2D eigenvalue weighted by Crippen LogP contribution is -2.49. The van der Waals surface area contributed by atoms with E-state index in [1.165, 1.54) is 6.07 Å². The molecule has 3 rings (SSSR count). The lowest BCUT2D eigenvalue weighted by molar-refractivity contribution is -0.135. The van der Waals surface area contributed by atoms with E-state index in [0.29, 0.717) is 25.4 Å². The molecule has 0 aliphatic carbocycles. The van der Waals surface area contributed by atoms with Crippen LogP contribution in [0.5, 0.6) is 0 Å². The van der Waals surface area contributed by atoms with Gasteiger partial charge in [-0.3, -0.25) is 4.79 Å². The quantitative estimate of drug-likeness (QED) is 0.893. The highest BCUT2D eigenvalue weighted by molar-refractivity contribution is 5.77. The second kappa shape index (κ2) is 7.20. The largest absolute Gasteiger partial charge is 0.333 e. The van der Waals surface area contributed by atoms with Crippen molar-refractivity contribution in [1.29, 1.82) is 0 Å². The number of halogens is 1. The number of hydrogen-bond acceptors (Lipinski definition) is 3. The summed E-state index contributed by atoms with van der Waals surface area (Å²) in [4.78, 5) is 14.7. The number of nitrogens with zero attached hydrogens (tertiary/aromatic N) is 1. The lowest BCUT2D eigenvalue weighted by Gasteiger charge is -2.37. The molecule has 0 saturated carbocycles. The summed E-state index contributed by atoms with van der Waals surface area (Å²) in [7, 11) is 0. The molecule has 2 heterocycles. The van der Waals surface area contributed by atoms with Crippen molar-refractivity contribution in [3.05, 3.63) is 35.6 Å². The van der Waals surface area contributed by atoms with Crippen molar-refractivity contribution in [3.63, 3.8) is 0 Å². The molecule has 2 aliphatic heterocycles. The Balaban J connectivity index is 1.70. The summed E-state index contributed by atoms with van der Waals surface area (Å²) in [6.45, 7) is 4.22. The molecule has 2 saturated heterocycles. The number of piperidine rings is 1. The van der Waals surface area contributed by atoms with Crippen molar-refractivity contribution < 1.29 is 9.18 Å². The Morgan fingerprint density at radius 1 is 1.23 bits per heavy atom. The Bertz CT molecular complexity index is 516. The highest BCUT2D eigenvalue weighted by Crippen LogP contribution is 2.26. The molecule has 4 nitrogen and oxygen atoms in total. The van der Waals surface area contributed by atoms with Gasteiger partial charge in [0.15, 0.2) is 0 Å². The Hall–Kier alpha value is -1.46. The van der Waals surface area contributed by atoms with E-state index in [2.05, 4.69) is 10.6 Å². The normalized spacial score (nSPS) is 23.5. The highest BCUT2D eigenvalue weighted by atomic mass is 19.1. The molecule has 0 aromatic heterocycles. The van der Waals surface area contributed by atoms with Gasteiger partial charge in [-0.1, -0.05) is 12.1 Å². The van der Waals surface area contributed by atoms with E-state index < -0.39 is 0 Å². The minimum absolute atomic E-state index is 0.0568. The van der Waals surface area contributed by atoms with E-state index in [4.69, 9.17) is 0 Å². The Morgan fingerprint density at radius 3 is 2.82 bits per heavy atom. The number of benzene rings is 1. The predicted octanol–water partition coefficient (Wildman–Crippen LogP) is 1.69. The van der Waals surface area contributed by atoms with Crippen molar-refractivity contribution in [1.82, 2.24) is 15.5 Å². The number of rotatable bonds is 3. The molecular formula is C17H24FN3O. The topological polar surface area (TPSA) is 44.4 Å². The number of nitrogens with one attached hydrogen (secondary N) is 2. The number of amides is 1. The molecule has 120 valence electrons. The average Bonchev–Trinajstić information content (AvgIpc) is 2.56. The van der Waals surface area contributed by atoms with Gasteiger partial charge in [0.05, 0.1) is 6.04 Å². The minimum atomic E-state index is -0.242. The van der Waals surface area contributed by atoms with Crippen molar-refractivity contribution >= 4 is 5.91 Å². The third-order valence-electron chi connectivity index (χ3n) is 4.72. The number of carbonyl (C=O) groups excluding carboxylic acids is 1. The van der Waals surface area contributed by atoms with Crippen molar-refractivity contribution in [3.8, 4) is 0 Å². The zero-order chi connectivity index (χ0) is 15.4. The Kier molecular flexibility index (Phi) is 5.05. The summed E-state index contributed by atoms with van der Waals surface area (Å²) < 4.78 is 13.5. The Labute approximate surface area is 131 Å². The van der Waals surface area contributed by atoms with Gasteiger partial charge in [-0.05, 0) is 49.5 Å². The van der Waals surface area contributed by atoms with Crippen LogP contribution >= 0.6 is 0 Å². The summed E-state index contributed by atoms with van der Waals surface area (Å²) in [6.07, 6.45) is 2.76. The number of piperazine rings is 1. The van der Waals surface area contributed by atoms with Crippen LogP contribution in [0.3, 0.4) is 0 Å². The molecule has 0 radical (unpaired) electrons. The molecule has 0 bridgehead atoms. The third kappa shape index (κ3) is 3.65. The molecule has 5 heteroatoms. The van der Waals surface area contributed by atoms with Crippen molar-refractivity contribution in [2.45, 2.75) is 25.3 Å². The fourth-order valence-electron chi connectivity index (χ4n) is 3.46. The van der Waals surface area contributed by atoms with Crippen LogP contribution in [0.2, 0.25) is 0 Å². The van der Waals surface area contributed by atoms with Crippen LogP contribution in [0.4, 0.5) is 4.39 Å². The van der Waals surface area contributed by atoms with Crippen LogP contribution in [0.1, 0.15) is 30.9 Å². The maximum Gasteiger partial charge on any atom is 0.223 e. The Morgan fingerprint density at radius 2 is 2.05 bits per heavy atom. The van der Waals surface area contributed by atoms with Crippen LogP contribution in [0.25, 0.3) is 0 Å². The van der Waals surface area contributed by atoms with Gasteiger partial charge in [0, 0.05) is 26.1 Å². The minimum Gasteiger partial charge on any atom is -0.333 e. The van der Waals surface area contributed by atoms with Crippen LogP contribution < -0.4 is 10.6 Å². The first-order valence-electron chi connectivity index (χ1n) is 8.20. The van der Waals surface area contributed by atoms with Gasteiger partial charge in [0.2, 0.25) is 5.91 Å². The standard InChI is InChI=1S/C17H24FN3O/c18-15-3-1-2-14(11-15)16-12-20-8-9-21(16)17(22)10-13-4-6-19-7-5-13/h1-3,11,13,16,19-20H,4-10,12H2. The maximum absolute atomic E-state index is 13.5. The lowest BCUT2D eigenvalue weighted by atomic mass is 9.93. The number of carbonyl (C=O) groups is 1. The highest BCUT2D eigenvalue weighted by Gasteiger charge is 2.29.